The highest BCUT2D eigenvalue weighted by Gasteiger charge is 2.28. The van der Waals surface area contributed by atoms with Crippen LogP contribution in [0.1, 0.15) is 35.6 Å². The third-order valence-corrected chi connectivity index (χ3v) is 3.17. The van der Waals surface area contributed by atoms with Gasteiger partial charge in [0.25, 0.3) is 5.91 Å². The molecule has 0 aromatic carbocycles. The molecule has 0 radical (unpaired) electrons. The number of aryl methyl sites for hydroxylation is 1. The van der Waals surface area contributed by atoms with Crippen LogP contribution in [0.4, 0.5) is 0 Å². The number of carbonyl (C=O) groups is 1. The van der Waals surface area contributed by atoms with Gasteiger partial charge in [-0.05, 0) is 31.9 Å². The molecule has 1 aromatic heterocycles. The van der Waals surface area contributed by atoms with E-state index >= 15 is 0 Å². The van der Waals surface area contributed by atoms with Crippen LogP contribution in [-0.4, -0.2) is 23.7 Å². The molecule has 16 heavy (non-hydrogen) atoms. The Morgan fingerprint density at radius 3 is 3.00 bits per heavy atom. The molecule has 2 atom stereocenters. The van der Waals surface area contributed by atoms with Crippen molar-refractivity contribution >= 4 is 5.91 Å². The monoisotopic (exact) mass is 223 g/mol. The van der Waals surface area contributed by atoms with E-state index < -0.39 is 0 Å². The van der Waals surface area contributed by atoms with E-state index in [1.54, 1.807) is 12.1 Å². The molecule has 1 amide bonds. The zero-order valence-electron chi connectivity index (χ0n) is 9.40. The third kappa shape index (κ3) is 2.27. The number of carbonyl (C=O) groups excluding carboxylic acids is 1. The summed E-state index contributed by atoms with van der Waals surface area (Å²) < 4.78 is 5.25. The summed E-state index contributed by atoms with van der Waals surface area (Å²) in [5.41, 5.74) is 0. The van der Waals surface area contributed by atoms with Crippen LogP contribution >= 0.6 is 0 Å². The molecule has 1 aliphatic rings. The first kappa shape index (κ1) is 11.2. The molecule has 1 fully saturated rings. The number of rotatable bonds is 3. The largest absolute Gasteiger partial charge is 0.456 e. The van der Waals surface area contributed by atoms with E-state index in [4.69, 9.17) is 9.52 Å². The predicted octanol–water partition coefficient (Wildman–Crippen LogP) is 1.48. The van der Waals surface area contributed by atoms with Gasteiger partial charge in [0, 0.05) is 18.6 Å². The van der Waals surface area contributed by atoms with E-state index in [9.17, 15) is 4.79 Å². The van der Waals surface area contributed by atoms with Crippen LogP contribution in [0, 0.1) is 12.8 Å². The molecule has 1 saturated carbocycles. The van der Waals surface area contributed by atoms with Crippen LogP contribution < -0.4 is 5.32 Å². The number of furan rings is 1. The summed E-state index contributed by atoms with van der Waals surface area (Å²) in [6.07, 6.45) is 2.99. The van der Waals surface area contributed by atoms with Crippen molar-refractivity contribution in [3.8, 4) is 0 Å². The highest BCUT2D eigenvalue weighted by atomic mass is 16.3. The topological polar surface area (TPSA) is 62.5 Å². The van der Waals surface area contributed by atoms with E-state index in [2.05, 4.69) is 5.32 Å². The zero-order chi connectivity index (χ0) is 11.5. The molecule has 0 spiro atoms. The Kier molecular flexibility index (Phi) is 3.29. The molecule has 4 nitrogen and oxygen atoms in total. The number of amides is 1. The van der Waals surface area contributed by atoms with Gasteiger partial charge in [0.15, 0.2) is 5.76 Å². The van der Waals surface area contributed by atoms with Gasteiger partial charge in [-0.25, -0.2) is 0 Å². The van der Waals surface area contributed by atoms with Gasteiger partial charge in [0.05, 0.1) is 0 Å². The van der Waals surface area contributed by atoms with Gasteiger partial charge in [-0.15, -0.1) is 0 Å². The molecule has 0 bridgehead atoms. The van der Waals surface area contributed by atoms with Gasteiger partial charge in [0.2, 0.25) is 0 Å². The molecule has 0 saturated heterocycles. The zero-order valence-corrected chi connectivity index (χ0v) is 9.40. The molecule has 88 valence electrons. The summed E-state index contributed by atoms with van der Waals surface area (Å²) in [5.74, 6) is 1.09. The van der Waals surface area contributed by atoms with Crippen molar-refractivity contribution < 1.29 is 14.3 Å². The summed E-state index contributed by atoms with van der Waals surface area (Å²) in [5, 5.41) is 12.1. The Balaban J connectivity index is 1.97. The van der Waals surface area contributed by atoms with Crippen LogP contribution in [0.5, 0.6) is 0 Å². The van der Waals surface area contributed by atoms with Crippen molar-refractivity contribution in [3.05, 3.63) is 23.7 Å². The van der Waals surface area contributed by atoms with Gasteiger partial charge in [-0.2, -0.15) is 0 Å². The van der Waals surface area contributed by atoms with Gasteiger partial charge < -0.3 is 14.8 Å². The minimum absolute atomic E-state index is 0.0860. The summed E-state index contributed by atoms with van der Waals surface area (Å²) in [6, 6.07) is 3.53. The highest BCUT2D eigenvalue weighted by molar-refractivity contribution is 5.91. The van der Waals surface area contributed by atoms with E-state index in [-0.39, 0.29) is 24.5 Å². The van der Waals surface area contributed by atoms with Crippen molar-refractivity contribution in [1.29, 1.82) is 0 Å². The lowest BCUT2D eigenvalue weighted by atomic mass is 10.1. The normalized spacial score (nSPS) is 24.6. The predicted molar refractivity (Wildman–Crippen MR) is 59.1 cm³/mol. The second kappa shape index (κ2) is 4.70. The first-order valence-corrected chi connectivity index (χ1v) is 5.69. The Morgan fingerprint density at radius 2 is 2.38 bits per heavy atom. The van der Waals surface area contributed by atoms with E-state index in [1.165, 1.54) is 0 Å². The van der Waals surface area contributed by atoms with E-state index in [1.807, 2.05) is 6.92 Å². The van der Waals surface area contributed by atoms with Gasteiger partial charge in [0.1, 0.15) is 5.76 Å². The van der Waals surface area contributed by atoms with E-state index in [0.717, 1.165) is 25.0 Å². The fraction of sp³-hybridized carbons (Fsp3) is 0.583. The van der Waals surface area contributed by atoms with Crippen LogP contribution in [0.15, 0.2) is 16.5 Å². The summed E-state index contributed by atoms with van der Waals surface area (Å²) in [7, 11) is 0. The fourth-order valence-corrected chi connectivity index (χ4v) is 2.24. The van der Waals surface area contributed by atoms with Crippen molar-refractivity contribution in [2.24, 2.45) is 5.92 Å². The summed E-state index contributed by atoms with van der Waals surface area (Å²) in [6.45, 7) is 1.95. The lowest BCUT2D eigenvalue weighted by Crippen LogP contribution is -2.38. The number of aliphatic hydroxyl groups is 1. The van der Waals surface area contributed by atoms with Crippen LogP contribution in [0.25, 0.3) is 0 Å². The first-order chi connectivity index (χ1) is 7.70. The SMILES string of the molecule is Cc1ccc(C(=O)NC2CCCC2CO)o1. The Labute approximate surface area is 94.6 Å². The highest BCUT2D eigenvalue weighted by Crippen LogP contribution is 2.25. The molecule has 1 aromatic rings. The minimum atomic E-state index is -0.182. The van der Waals surface area contributed by atoms with Gasteiger partial charge in [-0.3, -0.25) is 4.79 Å². The second-order valence-electron chi connectivity index (χ2n) is 4.36. The maximum atomic E-state index is 11.8. The molecule has 1 heterocycles. The molecule has 0 aliphatic heterocycles. The number of hydrogen-bond donors (Lipinski definition) is 2. The number of hydrogen-bond acceptors (Lipinski definition) is 3. The fourth-order valence-electron chi connectivity index (χ4n) is 2.24. The third-order valence-electron chi connectivity index (χ3n) is 3.17. The number of nitrogens with one attached hydrogen (secondary N) is 1. The maximum Gasteiger partial charge on any atom is 0.287 e. The van der Waals surface area contributed by atoms with E-state index in [0.29, 0.717) is 5.76 Å². The Morgan fingerprint density at radius 1 is 1.56 bits per heavy atom. The lowest BCUT2D eigenvalue weighted by Gasteiger charge is -2.18. The van der Waals surface area contributed by atoms with Gasteiger partial charge >= 0.3 is 0 Å². The van der Waals surface area contributed by atoms with Crippen molar-refractivity contribution in [2.45, 2.75) is 32.2 Å². The van der Waals surface area contributed by atoms with Crippen LogP contribution in [-0.2, 0) is 0 Å². The standard InChI is InChI=1S/C12H17NO3/c1-8-5-6-11(16-8)12(15)13-10-4-2-3-9(10)7-14/h5-6,9-10,14H,2-4,7H2,1H3,(H,13,15). The maximum absolute atomic E-state index is 11.8. The van der Waals surface area contributed by atoms with Gasteiger partial charge in [-0.1, -0.05) is 6.42 Å². The van der Waals surface area contributed by atoms with Crippen molar-refractivity contribution in [2.75, 3.05) is 6.61 Å². The summed E-state index contributed by atoms with van der Waals surface area (Å²) in [4.78, 5) is 11.8. The smallest absolute Gasteiger partial charge is 0.287 e. The number of aliphatic hydroxyl groups excluding tert-OH is 1. The molecular formula is C12H17NO3. The molecule has 2 N–H and O–H groups in total. The average molecular weight is 223 g/mol. The molecule has 2 unspecified atom stereocenters. The second-order valence-corrected chi connectivity index (χ2v) is 4.36. The molecular weight excluding hydrogens is 206 g/mol. The summed E-state index contributed by atoms with van der Waals surface area (Å²) >= 11 is 0. The van der Waals surface area contributed by atoms with Crippen molar-refractivity contribution in [1.82, 2.24) is 5.32 Å². The van der Waals surface area contributed by atoms with Crippen LogP contribution in [0.3, 0.4) is 0 Å². The Bertz CT molecular complexity index is 372. The minimum Gasteiger partial charge on any atom is -0.456 e. The Hall–Kier alpha value is -1.29. The molecule has 1 aliphatic carbocycles. The molecule has 2 rings (SSSR count). The lowest BCUT2D eigenvalue weighted by molar-refractivity contribution is 0.0886. The van der Waals surface area contributed by atoms with Crippen molar-refractivity contribution in [3.63, 3.8) is 0 Å². The van der Waals surface area contributed by atoms with Crippen LogP contribution in [0.2, 0.25) is 0 Å². The molecule has 4 heteroatoms. The first-order valence-electron chi connectivity index (χ1n) is 5.69. The quantitative estimate of drug-likeness (QED) is 0.815. The average Bonchev–Trinajstić information content (AvgIpc) is 2.86.